The molecule has 0 spiro atoms. The number of methoxy groups -OCH3 is 1. The second-order valence-electron chi connectivity index (χ2n) is 8.71. The smallest absolute Gasteiger partial charge is 0.407 e. The molecule has 0 aliphatic rings. The van der Waals surface area contributed by atoms with E-state index in [1.54, 1.807) is 24.3 Å². The average molecular weight is 498 g/mol. The lowest BCUT2D eigenvalue weighted by Gasteiger charge is -2.20. The summed E-state index contributed by atoms with van der Waals surface area (Å²) in [4.78, 5) is 25.9. The molecule has 0 unspecified atom stereocenters. The summed E-state index contributed by atoms with van der Waals surface area (Å²) in [5.41, 5.74) is 2.15. The molecule has 0 bridgehead atoms. The van der Waals surface area contributed by atoms with Crippen LogP contribution in [0.15, 0.2) is 70.4 Å². The predicted octanol–water partition coefficient (Wildman–Crippen LogP) is 6.32. The van der Waals surface area contributed by atoms with Crippen molar-refractivity contribution in [3.63, 3.8) is 0 Å². The summed E-state index contributed by atoms with van der Waals surface area (Å²) in [6, 6.07) is 15.6. The van der Waals surface area contributed by atoms with E-state index < -0.39 is 17.7 Å². The zero-order chi connectivity index (χ0) is 25.3. The first kappa shape index (κ1) is 26.2. The first-order valence-electron chi connectivity index (χ1n) is 11.3. The van der Waals surface area contributed by atoms with Gasteiger partial charge in [-0.05, 0) is 51.0 Å². The number of carbonyl (C=O) groups excluding carboxylic acids is 2. The van der Waals surface area contributed by atoms with E-state index >= 15 is 0 Å². The fourth-order valence-electron chi connectivity index (χ4n) is 3.29. The van der Waals surface area contributed by atoms with Crippen LogP contribution in [0.1, 0.15) is 43.1 Å². The molecule has 0 atom stereocenters. The summed E-state index contributed by atoms with van der Waals surface area (Å²) in [7, 11) is 1.36. The highest BCUT2D eigenvalue weighted by molar-refractivity contribution is 7.98. The number of carbonyl (C=O) groups is 2. The van der Waals surface area contributed by atoms with Gasteiger partial charge in [0.05, 0.1) is 26.2 Å². The lowest BCUT2D eigenvalue weighted by Crippen LogP contribution is -2.33. The van der Waals surface area contributed by atoms with E-state index in [2.05, 4.69) is 5.32 Å². The molecule has 0 saturated heterocycles. The maximum Gasteiger partial charge on any atom is 0.407 e. The summed E-state index contributed by atoms with van der Waals surface area (Å²) in [6.07, 6.45) is 3.21. The number of esters is 1. The number of benzene rings is 2. The van der Waals surface area contributed by atoms with Gasteiger partial charge < -0.3 is 23.9 Å². The zero-order valence-electron chi connectivity index (χ0n) is 20.5. The van der Waals surface area contributed by atoms with Crippen molar-refractivity contribution in [2.75, 3.05) is 20.3 Å². The van der Waals surface area contributed by atoms with E-state index in [1.165, 1.54) is 7.11 Å². The number of alkyl carbamates (subject to hydrolysis) is 1. The molecule has 8 heteroatoms. The van der Waals surface area contributed by atoms with Crippen LogP contribution in [0.5, 0.6) is 5.75 Å². The minimum Gasteiger partial charge on any atom is -0.492 e. The van der Waals surface area contributed by atoms with Crippen molar-refractivity contribution in [2.24, 2.45) is 0 Å². The van der Waals surface area contributed by atoms with Gasteiger partial charge in [0.15, 0.2) is 0 Å². The highest BCUT2D eigenvalue weighted by Gasteiger charge is 2.23. The molecule has 35 heavy (non-hydrogen) atoms. The Balaban J connectivity index is 1.79. The fourth-order valence-corrected chi connectivity index (χ4v) is 4.21. The van der Waals surface area contributed by atoms with Gasteiger partial charge in [-0.25, -0.2) is 9.59 Å². The number of furan rings is 1. The van der Waals surface area contributed by atoms with Crippen LogP contribution < -0.4 is 10.1 Å². The van der Waals surface area contributed by atoms with Gasteiger partial charge in [-0.1, -0.05) is 30.3 Å². The van der Waals surface area contributed by atoms with Crippen molar-refractivity contribution in [2.45, 2.75) is 43.4 Å². The topological polar surface area (TPSA) is 87.0 Å². The van der Waals surface area contributed by atoms with E-state index in [-0.39, 0.29) is 6.61 Å². The highest BCUT2D eigenvalue weighted by atomic mass is 32.2. The molecule has 1 N–H and O–H groups in total. The van der Waals surface area contributed by atoms with Crippen LogP contribution in [0.25, 0.3) is 11.1 Å². The average Bonchev–Trinajstić information content (AvgIpc) is 3.36. The Labute approximate surface area is 210 Å². The summed E-state index contributed by atoms with van der Waals surface area (Å²) < 4.78 is 21.8. The first-order valence-corrected chi connectivity index (χ1v) is 12.3. The third-order valence-corrected chi connectivity index (χ3v) is 5.90. The van der Waals surface area contributed by atoms with Crippen LogP contribution in [0.3, 0.4) is 0 Å². The number of hydrogen-bond donors (Lipinski definition) is 1. The second-order valence-corrected chi connectivity index (χ2v) is 9.76. The van der Waals surface area contributed by atoms with Crippen molar-refractivity contribution < 1.29 is 28.2 Å². The van der Waals surface area contributed by atoms with E-state index in [1.807, 2.05) is 69.3 Å². The van der Waals surface area contributed by atoms with Crippen molar-refractivity contribution in [3.8, 4) is 16.9 Å². The largest absolute Gasteiger partial charge is 0.492 e. The van der Waals surface area contributed by atoms with E-state index in [9.17, 15) is 9.59 Å². The number of nitrogens with one attached hydrogen (secondary N) is 1. The monoisotopic (exact) mass is 497 g/mol. The number of ether oxygens (including phenoxy) is 3. The van der Waals surface area contributed by atoms with Crippen LogP contribution in [0, 0.1) is 0 Å². The van der Waals surface area contributed by atoms with Gasteiger partial charge in [-0.3, -0.25) is 0 Å². The molecule has 0 aliphatic carbocycles. The highest BCUT2D eigenvalue weighted by Crippen LogP contribution is 2.38. The van der Waals surface area contributed by atoms with Crippen molar-refractivity contribution in [3.05, 3.63) is 72.2 Å². The van der Waals surface area contributed by atoms with Gasteiger partial charge >= 0.3 is 12.1 Å². The SMILES string of the molecule is COC(=O)c1c(CSc2ccccc2)ccc(-c2ccoc2)c1OCCCNC(=O)OC(C)(C)C. The summed E-state index contributed by atoms with van der Waals surface area (Å²) in [5.74, 6) is 0.527. The van der Waals surface area contributed by atoms with Crippen LogP contribution in [0.2, 0.25) is 0 Å². The van der Waals surface area contributed by atoms with Crippen molar-refractivity contribution >= 4 is 23.8 Å². The number of hydrogen-bond acceptors (Lipinski definition) is 7. The molecule has 3 rings (SSSR count). The molecule has 1 aromatic heterocycles. The number of rotatable bonds is 10. The fraction of sp³-hybridized carbons (Fsp3) is 0.333. The lowest BCUT2D eigenvalue weighted by atomic mass is 9.99. The normalized spacial score (nSPS) is 11.1. The molecule has 0 saturated carbocycles. The maximum absolute atomic E-state index is 12.9. The van der Waals surface area contributed by atoms with Crippen LogP contribution in [-0.4, -0.2) is 37.9 Å². The Morgan fingerprint density at radius 3 is 2.49 bits per heavy atom. The van der Waals surface area contributed by atoms with Gasteiger partial charge in [0.2, 0.25) is 0 Å². The Bertz CT molecular complexity index is 1110. The van der Waals surface area contributed by atoms with Crippen LogP contribution in [-0.2, 0) is 15.2 Å². The molecular formula is C27H31NO6S. The maximum atomic E-state index is 12.9. The molecular weight excluding hydrogens is 466 g/mol. The standard InChI is InChI=1S/C27H31NO6S/c1-27(2,3)34-26(30)28-14-8-15-33-24-22(19-13-16-32-17-19)12-11-20(23(24)25(29)31-4)18-35-21-9-6-5-7-10-21/h5-7,9-13,16-17H,8,14-15,18H2,1-4H3,(H,28,30). The Hall–Kier alpha value is -3.39. The van der Waals surface area contributed by atoms with E-state index in [4.69, 9.17) is 18.6 Å². The Kier molecular flexibility index (Phi) is 9.25. The molecule has 2 aromatic carbocycles. The minimum absolute atomic E-state index is 0.278. The lowest BCUT2D eigenvalue weighted by molar-refractivity contribution is 0.0525. The van der Waals surface area contributed by atoms with E-state index in [0.29, 0.717) is 30.0 Å². The van der Waals surface area contributed by atoms with Crippen molar-refractivity contribution in [1.29, 1.82) is 0 Å². The third kappa shape index (κ3) is 7.82. The Morgan fingerprint density at radius 1 is 1.06 bits per heavy atom. The minimum atomic E-state index is -0.562. The molecule has 0 aliphatic heterocycles. The second kappa shape index (κ2) is 12.4. The van der Waals surface area contributed by atoms with Gasteiger partial charge in [-0.15, -0.1) is 11.8 Å². The Morgan fingerprint density at radius 2 is 1.83 bits per heavy atom. The summed E-state index contributed by atoms with van der Waals surface area (Å²) in [6.45, 7) is 6.08. The molecule has 1 heterocycles. The molecule has 0 fully saturated rings. The molecule has 3 aromatic rings. The summed E-state index contributed by atoms with van der Waals surface area (Å²) >= 11 is 1.62. The van der Waals surface area contributed by atoms with Crippen LogP contribution >= 0.6 is 11.8 Å². The van der Waals surface area contributed by atoms with Gasteiger partial charge in [0.25, 0.3) is 0 Å². The number of amides is 1. The summed E-state index contributed by atoms with van der Waals surface area (Å²) in [5, 5.41) is 2.71. The van der Waals surface area contributed by atoms with Gasteiger partial charge in [0.1, 0.15) is 16.9 Å². The van der Waals surface area contributed by atoms with Crippen LogP contribution in [0.4, 0.5) is 4.79 Å². The molecule has 186 valence electrons. The number of thioether (sulfide) groups is 1. The quantitative estimate of drug-likeness (QED) is 0.199. The van der Waals surface area contributed by atoms with Gasteiger partial charge in [-0.2, -0.15) is 0 Å². The zero-order valence-corrected chi connectivity index (χ0v) is 21.3. The molecule has 0 radical (unpaired) electrons. The third-order valence-electron chi connectivity index (χ3n) is 4.84. The molecule has 7 nitrogen and oxygen atoms in total. The van der Waals surface area contributed by atoms with E-state index in [0.717, 1.165) is 21.6 Å². The predicted molar refractivity (Wildman–Crippen MR) is 136 cm³/mol. The molecule has 1 amide bonds. The van der Waals surface area contributed by atoms with Crippen molar-refractivity contribution in [1.82, 2.24) is 5.32 Å². The van der Waals surface area contributed by atoms with Gasteiger partial charge in [0, 0.05) is 28.3 Å². The first-order chi connectivity index (χ1) is 16.8.